The lowest BCUT2D eigenvalue weighted by molar-refractivity contribution is 0.370. The largest absolute Gasteiger partial charge is 0.352 e. The van der Waals surface area contributed by atoms with Crippen LogP contribution >= 0.6 is 0 Å². The minimum absolute atomic E-state index is 0.697. The van der Waals surface area contributed by atoms with Gasteiger partial charge in [0.15, 0.2) is 5.96 Å². The first kappa shape index (κ1) is 18.0. The third-order valence-corrected chi connectivity index (χ3v) is 4.84. The van der Waals surface area contributed by atoms with Crippen molar-refractivity contribution in [1.29, 1.82) is 0 Å². The van der Waals surface area contributed by atoms with Gasteiger partial charge < -0.3 is 19.7 Å². The lowest BCUT2D eigenvalue weighted by Crippen LogP contribution is -2.52. The lowest BCUT2D eigenvalue weighted by Gasteiger charge is -2.36. The van der Waals surface area contributed by atoms with Crippen molar-refractivity contribution in [2.75, 3.05) is 38.1 Å². The van der Waals surface area contributed by atoms with Crippen LogP contribution in [0.2, 0.25) is 0 Å². The van der Waals surface area contributed by atoms with E-state index in [9.17, 15) is 0 Å². The smallest absolute Gasteiger partial charge is 0.225 e. The van der Waals surface area contributed by atoms with Gasteiger partial charge in [0.25, 0.3) is 0 Å². The summed E-state index contributed by atoms with van der Waals surface area (Å²) in [6.07, 6.45) is 9.13. The number of aromatic nitrogens is 4. The Hall–Kier alpha value is -3.42. The van der Waals surface area contributed by atoms with E-state index >= 15 is 0 Å². The van der Waals surface area contributed by atoms with Gasteiger partial charge >= 0.3 is 0 Å². The summed E-state index contributed by atoms with van der Waals surface area (Å²) in [6, 6.07) is 10.2. The first-order valence-electron chi connectivity index (χ1n) is 9.39. The number of hydrogen-bond donors (Lipinski definition) is 1. The number of rotatable bonds is 4. The van der Waals surface area contributed by atoms with Gasteiger partial charge in [-0.25, -0.2) is 15.0 Å². The number of anilines is 1. The quantitative estimate of drug-likeness (QED) is 0.550. The summed E-state index contributed by atoms with van der Waals surface area (Å²) in [6.45, 7) is 4.19. The van der Waals surface area contributed by atoms with Gasteiger partial charge in [-0.15, -0.1) is 0 Å². The van der Waals surface area contributed by atoms with E-state index in [-0.39, 0.29) is 0 Å². The summed E-state index contributed by atoms with van der Waals surface area (Å²) in [5.41, 5.74) is 2.31. The molecule has 8 nitrogen and oxygen atoms in total. The fourth-order valence-corrected chi connectivity index (χ4v) is 3.39. The van der Waals surface area contributed by atoms with Crippen LogP contribution in [0.15, 0.2) is 66.4 Å². The number of guanidine groups is 1. The Balaban J connectivity index is 1.38. The maximum atomic E-state index is 4.48. The lowest BCUT2D eigenvalue weighted by atomic mass is 10.1. The molecule has 0 amide bonds. The van der Waals surface area contributed by atoms with Gasteiger partial charge in [0.1, 0.15) is 0 Å². The van der Waals surface area contributed by atoms with Crippen LogP contribution in [0.4, 0.5) is 5.95 Å². The molecule has 1 aliphatic heterocycles. The zero-order valence-electron chi connectivity index (χ0n) is 15.9. The molecule has 1 fully saturated rings. The average molecular weight is 376 g/mol. The van der Waals surface area contributed by atoms with Crippen molar-refractivity contribution < 1.29 is 0 Å². The van der Waals surface area contributed by atoms with Crippen LogP contribution in [0.25, 0.3) is 5.69 Å². The van der Waals surface area contributed by atoms with Gasteiger partial charge in [0.2, 0.25) is 5.95 Å². The van der Waals surface area contributed by atoms with E-state index in [1.54, 1.807) is 18.6 Å². The van der Waals surface area contributed by atoms with Gasteiger partial charge in [0, 0.05) is 64.6 Å². The molecule has 28 heavy (non-hydrogen) atoms. The van der Waals surface area contributed by atoms with Crippen LogP contribution in [-0.2, 0) is 6.54 Å². The van der Waals surface area contributed by atoms with Gasteiger partial charge in [-0.05, 0) is 17.7 Å². The van der Waals surface area contributed by atoms with E-state index in [1.165, 1.54) is 5.56 Å². The number of para-hydroxylation sites is 1. The monoisotopic (exact) mass is 376 g/mol. The van der Waals surface area contributed by atoms with Crippen LogP contribution in [0.3, 0.4) is 0 Å². The molecule has 0 aliphatic carbocycles. The Labute approximate surface area is 164 Å². The van der Waals surface area contributed by atoms with Gasteiger partial charge in [-0.1, -0.05) is 18.2 Å². The standard InChI is InChI=1S/C20H24N8/c1-21-19(26-11-13-27(14-12-26)20-23-7-4-8-24-20)25-15-17-5-2-3-6-18(17)28-10-9-22-16-28/h2-10,16H,11-15H2,1H3,(H,21,25). The summed E-state index contributed by atoms with van der Waals surface area (Å²) in [5, 5.41) is 3.50. The Kier molecular flexibility index (Phi) is 5.46. The summed E-state index contributed by atoms with van der Waals surface area (Å²) >= 11 is 0. The van der Waals surface area contributed by atoms with E-state index in [0.29, 0.717) is 6.54 Å². The first-order valence-corrected chi connectivity index (χ1v) is 9.39. The molecule has 144 valence electrons. The highest BCUT2D eigenvalue weighted by Gasteiger charge is 2.21. The van der Waals surface area contributed by atoms with Gasteiger partial charge in [-0.2, -0.15) is 0 Å². The Bertz CT molecular complexity index is 899. The molecule has 0 spiro atoms. The van der Waals surface area contributed by atoms with Gasteiger partial charge in [-0.3, -0.25) is 4.99 Å². The highest BCUT2D eigenvalue weighted by atomic mass is 15.4. The molecule has 3 heterocycles. The number of imidazole rings is 1. The SMILES string of the molecule is CN=C(NCc1ccccc1-n1ccnc1)N1CCN(c2ncccn2)CC1. The molecule has 1 N–H and O–H groups in total. The Morgan fingerprint density at radius 1 is 1.04 bits per heavy atom. The number of hydrogen-bond acceptors (Lipinski definition) is 5. The molecule has 3 aromatic rings. The summed E-state index contributed by atoms with van der Waals surface area (Å²) in [4.78, 5) is 21.8. The van der Waals surface area contributed by atoms with E-state index in [2.05, 4.69) is 53.3 Å². The molecule has 0 unspecified atom stereocenters. The number of nitrogens with one attached hydrogen (secondary N) is 1. The minimum atomic E-state index is 0.697. The van der Waals surface area contributed by atoms with Crippen LogP contribution < -0.4 is 10.2 Å². The first-order chi connectivity index (χ1) is 13.8. The van der Waals surface area contributed by atoms with Crippen LogP contribution in [0.5, 0.6) is 0 Å². The van der Waals surface area contributed by atoms with Crippen LogP contribution in [0, 0.1) is 0 Å². The number of nitrogens with zero attached hydrogens (tertiary/aromatic N) is 7. The zero-order valence-corrected chi connectivity index (χ0v) is 15.9. The molecule has 1 aromatic carbocycles. The molecular weight excluding hydrogens is 352 g/mol. The summed E-state index contributed by atoms with van der Waals surface area (Å²) < 4.78 is 2.03. The molecule has 1 saturated heterocycles. The number of benzene rings is 1. The topological polar surface area (TPSA) is 74.5 Å². The predicted molar refractivity (Wildman–Crippen MR) is 110 cm³/mol. The Morgan fingerprint density at radius 2 is 1.82 bits per heavy atom. The fourth-order valence-electron chi connectivity index (χ4n) is 3.39. The molecule has 1 aliphatic rings. The van der Waals surface area contributed by atoms with Crippen molar-refractivity contribution in [3.8, 4) is 5.69 Å². The highest BCUT2D eigenvalue weighted by molar-refractivity contribution is 5.80. The molecule has 0 atom stereocenters. The third-order valence-electron chi connectivity index (χ3n) is 4.84. The van der Waals surface area contributed by atoms with Crippen molar-refractivity contribution in [2.45, 2.75) is 6.54 Å². The maximum absolute atomic E-state index is 4.48. The fraction of sp³-hybridized carbons (Fsp3) is 0.300. The van der Waals surface area contributed by atoms with Crippen LogP contribution in [-0.4, -0.2) is 63.6 Å². The zero-order chi connectivity index (χ0) is 19.2. The van der Waals surface area contributed by atoms with Crippen molar-refractivity contribution in [1.82, 2.24) is 29.7 Å². The molecule has 0 saturated carbocycles. The van der Waals surface area contributed by atoms with Crippen molar-refractivity contribution in [2.24, 2.45) is 4.99 Å². The third kappa shape index (κ3) is 3.95. The average Bonchev–Trinajstić information content (AvgIpc) is 3.30. The molecule has 8 heteroatoms. The van der Waals surface area contributed by atoms with E-state index in [4.69, 9.17) is 0 Å². The summed E-state index contributed by atoms with van der Waals surface area (Å²) in [5.74, 6) is 1.70. The second kappa shape index (κ2) is 8.51. The molecule has 0 radical (unpaired) electrons. The van der Waals surface area contributed by atoms with Crippen molar-refractivity contribution >= 4 is 11.9 Å². The van der Waals surface area contributed by atoms with E-state index in [1.807, 2.05) is 36.3 Å². The van der Waals surface area contributed by atoms with Crippen molar-refractivity contribution in [3.63, 3.8) is 0 Å². The molecule has 0 bridgehead atoms. The molecule has 4 rings (SSSR count). The number of aliphatic imine (C=N–C) groups is 1. The van der Waals surface area contributed by atoms with E-state index < -0.39 is 0 Å². The highest BCUT2D eigenvalue weighted by Crippen LogP contribution is 2.14. The molecule has 2 aromatic heterocycles. The maximum Gasteiger partial charge on any atom is 0.225 e. The minimum Gasteiger partial charge on any atom is -0.352 e. The normalized spacial score (nSPS) is 15.0. The predicted octanol–water partition coefficient (Wildman–Crippen LogP) is 1.56. The second-order valence-electron chi connectivity index (χ2n) is 6.52. The second-order valence-corrected chi connectivity index (χ2v) is 6.52. The van der Waals surface area contributed by atoms with Crippen molar-refractivity contribution in [3.05, 3.63) is 67.0 Å². The van der Waals surface area contributed by atoms with Gasteiger partial charge in [0.05, 0.1) is 12.0 Å². The summed E-state index contributed by atoms with van der Waals surface area (Å²) in [7, 11) is 1.83. The van der Waals surface area contributed by atoms with E-state index in [0.717, 1.165) is 43.8 Å². The van der Waals surface area contributed by atoms with Crippen LogP contribution in [0.1, 0.15) is 5.56 Å². The Morgan fingerprint density at radius 3 is 2.54 bits per heavy atom. The number of piperazine rings is 1. The molecular formula is C20H24N8.